The van der Waals surface area contributed by atoms with E-state index in [0.717, 1.165) is 5.56 Å². The van der Waals surface area contributed by atoms with E-state index in [4.69, 9.17) is 9.47 Å². The van der Waals surface area contributed by atoms with Gasteiger partial charge in [-0.05, 0) is 24.1 Å². The first-order valence-electron chi connectivity index (χ1n) is 7.85. The number of aliphatic carboxylic acids is 1. The number of carboxylic acid groups (broad SMARTS) is 1. The zero-order chi connectivity index (χ0) is 18.0. The van der Waals surface area contributed by atoms with E-state index in [9.17, 15) is 14.7 Å². The van der Waals surface area contributed by atoms with Gasteiger partial charge in [0.1, 0.15) is 30.0 Å². The molecule has 0 fully saturated rings. The van der Waals surface area contributed by atoms with Crippen LogP contribution in [0.3, 0.4) is 0 Å². The largest absolute Gasteiger partial charge is 0.486 e. The number of aromatic nitrogens is 1. The van der Waals surface area contributed by atoms with Gasteiger partial charge in [-0.15, -0.1) is 11.3 Å². The van der Waals surface area contributed by atoms with Crippen molar-refractivity contribution in [2.45, 2.75) is 19.9 Å². The Balaban J connectivity index is 1.78. The quantitative estimate of drug-likeness (QED) is 0.848. The number of carboxylic acids is 1. The third-order valence-corrected chi connectivity index (χ3v) is 4.64. The predicted octanol–water partition coefficient (Wildman–Crippen LogP) is 2.42. The first-order chi connectivity index (χ1) is 12.0. The topological polar surface area (TPSA) is 97.8 Å². The normalized spacial score (nSPS) is 14.2. The van der Waals surface area contributed by atoms with Gasteiger partial charge in [-0.1, -0.05) is 13.8 Å². The predicted molar refractivity (Wildman–Crippen MR) is 92.3 cm³/mol. The molecule has 3 rings (SSSR count). The van der Waals surface area contributed by atoms with Gasteiger partial charge in [-0.25, -0.2) is 9.78 Å². The summed E-state index contributed by atoms with van der Waals surface area (Å²) in [4.78, 5) is 27.8. The highest BCUT2D eigenvalue weighted by Gasteiger charge is 2.25. The van der Waals surface area contributed by atoms with E-state index in [0.29, 0.717) is 29.7 Å². The fourth-order valence-corrected chi connectivity index (χ4v) is 3.21. The number of nitrogens with zero attached hydrogens (tertiary/aromatic N) is 1. The number of benzene rings is 1. The number of hydrogen-bond donors (Lipinski definition) is 2. The summed E-state index contributed by atoms with van der Waals surface area (Å²) in [6, 6.07) is 4.53. The van der Waals surface area contributed by atoms with Crippen LogP contribution in [0.5, 0.6) is 11.5 Å². The van der Waals surface area contributed by atoms with Gasteiger partial charge in [-0.2, -0.15) is 0 Å². The Labute approximate surface area is 148 Å². The van der Waals surface area contributed by atoms with E-state index >= 15 is 0 Å². The number of fused-ring (bicyclic) bond motifs is 1. The second-order valence-electron chi connectivity index (χ2n) is 5.93. The molecule has 7 nitrogen and oxygen atoms in total. The van der Waals surface area contributed by atoms with Crippen LogP contribution in [-0.2, 0) is 4.79 Å². The van der Waals surface area contributed by atoms with Crippen molar-refractivity contribution in [1.29, 1.82) is 0 Å². The fourth-order valence-electron chi connectivity index (χ4n) is 2.42. The smallest absolute Gasteiger partial charge is 0.326 e. The van der Waals surface area contributed by atoms with Crippen molar-refractivity contribution < 1.29 is 24.2 Å². The third kappa shape index (κ3) is 3.74. The van der Waals surface area contributed by atoms with Crippen LogP contribution in [0.2, 0.25) is 0 Å². The lowest BCUT2D eigenvalue weighted by atomic mass is 10.0. The summed E-state index contributed by atoms with van der Waals surface area (Å²) >= 11 is 1.31. The van der Waals surface area contributed by atoms with Crippen molar-refractivity contribution in [2.75, 3.05) is 13.2 Å². The molecule has 1 aliphatic heterocycles. The number of rotatable bonds is 5. The summed E-state index contributed by atoms with van der Waals surface area (Å²) < 4.78 is 11.0. The Kier molecular flexibility index (Phi) is 4.89. The van der Waals surface area contributed by atoms with Crippen LogP contribution in [0.1, 0.15) is 24.3 Å². The molecule has 0 spiro atoms. The Morgan fingerprint density at radius 2 is 1.96 bits per heavy atom. The number of amides is 1. The maximum absolute atomic E-state index is 12.3. The molecule has 0 radical (unpaired) electrons. The zero-order valence-corrected chi connectivity index (χ0v) is 14.6. The maximum atomic E-state index is 12.3. The average Bonchev–Trinajstić information content (AvgIpc) is 3.08. The van der Waals surface area contributed by atoms with E-state index in [1.165, 1.54) is 11.3 Å². The van der Waals surface area contributed by atoms with Crippen LogP contribution in [0.4, 0.5) is 0 Å². The molecule has 1 atom stereocenters. The third-order valence-electron chi connectivity index (χ3n) is 3.75. The molecule has 1 amide bonds. The first-order valence-corrected chi connectivity index (χ1v) is 8.73. The van der Waals surface area contributed by atoms with Gasteiger partial charge in [0.25, 0.3) is 5.91 Å². The van der Waals surface area contributed by atoms with E-state index < -0.39 is 17.9 Å². The number of carbonyl (C=O) groups excluding carboxylic acids is 1. The number of nitrogens with one attached hydrogen (secondary N) is 1. The van der Waals surface area contributed by atoms with Crippen LogP contribution in [-0.4, -0.2) is 41.2 Å². The first kappa shape index (κ1) is 17.2. The molecule has 8 heteroatoms. The van der Waals surface area contributed by atoms with E-state index in [-0.39, 0.29) is 11.6 Å². The fraction of sp³-hybridized carbons (Fsp3) is 0.353. The van der Waals surface area contributed by atoms with Crippen LogP contribution in [0, 0.1) is 5.92 Å². The molecule has 2 heterocycles. The SMILES string of the molecule is CC(C)[C@H](NC(=O)c1csc(-c2ccc3c(c2)OCCO3)n1)C(=O)O. The van der Waals surface area contributed by atoms with Crippen molar-refractivity contribution in [2.24, 2.45) is 5.92 Å². The average molecular weight is 362 g/mol. The van der Waals surface area contributed by atoms with Crippen molar-refractivity contribution in [3.63, 3.8) is 0 Å². The summed E-state index contributed by atoms with van der Waals surface area (Å²) in [6.07, 6.45) is 0. The summed E-state index contributed by atoms with van der Waals surface area (Å²) in [7, 11) is 0. The zero-order valence-electron chi connectivity index (χ0n) is 13.8. The monoisotopic (exact) mass is 362 g/mol. The lowest BCUT2D eigenvalue weighted by Gasteiger charge is -2.18. The minimum absolute atomic E-state index is 0.196. The standard InChI is InChI=1S/C17H18N2O5S/c1-9(2)14(17(21)22)19-15(20)11-8-25-16(18-11)10-3-4-12-13(7-10)24-6-5-23-12/h3-4,7-9,14H,5-6H2,1-2H3,(H,19,20)(H,21,22)/t14-/m0/s1. The van der Waals surface area contributed by atoms with Gasteiger partial charge in [0.15, 0.2) is 11.5 Å². The summed E-state index contributed by atoms with van der Waals surface area (Å²) in [5.41, 5.74) is 1.01. The minimum atomic E-state index is -1.06. The van der Waals surface area contributed by atoms with E-state index in [1.54, 1.807) is 19.2 Å². The van der Waals surface area contributed by atoms with Gasteiger partial charge in [0.05, 0.1) is 0 Å². The van der Waals surface area contributed by atoms with Crippen LogP contribution >= 0.6 is 11.3 Å². The van der Waals surface area contributed by atoms with Crippen molar-refractivity contribution in [1.82, 2.24) is 10.3 Å². The number of thiazole rings is 1. The molecule has 0 aliphatic carbocycles. The van der Waals surface area contributed by atoms with Crippen LogP contribution < -0.4 is 14.8 Å². The summed E-state index contributed by atoms with van der Waals surface area (Å²) in [6.45, 7) is 4.49. The summed E-state index contributed by atoms with van der Waals surface area (Å²) in [5.74, 6) is -0.453. The molecule has 132 valence electrons. The number of hydrogen-bond acceptors (Lipinski definition) is 6. The van der Waals surface area contributed by atoms with Gasteiger partial charge in [0, 0.05) is 10.9 Å². The van der Waals surface area contributed by atoms with Gasteiger partial charge in [0.2, 0.25) is 0 Å². The molecule has 0 saturated carbocycles. The lowest BCUT2D eigenvalue weighted by Crippen LogP contribution is -2.44. The highest BCUT2D eigenvalue weighted by molar-refractivity contribution is 7.13. The lowest BCUT2D eigenvalue weighted by molar-refractivity contribution is -0.140. The molecular weight excluding hydrogens is 344 g/mol. The Hall–Kier alpha value is -2.61. The van der Waals surface area contributed by atoms with Gasteiger partial charge < -0.3 is 19.9 Å². The highest BCUT2D eigenvalue weighted by Crippen LogP contribution is 2.35. The number of carbonyl (C=O) groups is 2. The molecule has 0 unspecified atom stereocenters. The maximum Gasteiger partial charge on any atom is 0.326 e. The molecule has 1 aromatic heterocycles. The second-order valence-corrected chi connectivity index (χ2v) is 6.79. The van der Waals surface area contributed by atoms with Crippen molar-refractivity contribution in [3.8, 4) is 22.1 Å². The van der Waals surface area contributed by atoms with E-state index in [2.05, 4.69) is 10.3 Å². The highest BCUT2D eigenvalue weighted by atomic mass is 32.1. The van der Waals surface area contributed by atoms with Crippen LogP contribution in [0.15, 0.2) is 23.6 Å². The molecule has 1 aromatic carbocycles. The van der Waals surface area contributed by atoms with Gasteiger partial charge >= 0.3 is 5.97 Å². The van der Waals surface area contributed by atoms with Gasteiger partial charge in [-0.3, -0.25) is 4.79 Å². The molecular formula is C17H18N2O5S. The second kappa shape index (κ2) is 7.10. The molecule has 2 aromatic rings. The minimum Gasteiger partial charge on any atom is -0.486 e. The molecule has 0 bridgehead atoms. The molecule has 25 heavy (non-hydrogen) atoms. The van der Waals surface area contributed by atoms with Crippen molar-refractivity contribution >= 4 is 23.2 Å². The Morgan fingerprint density at radius 1 is 1.24 bits per heavy atom. The molecule has 1 aliphatic rings. The number of ether oxygens (including phenoxy) is 2. The molecule has 0 saturated heterocycles. The van der Waals surface area contributed by atoms with Crippen molar-refractivity contribution in [3.05, 3.63) is 29.3 Å². The Bertz CT molecular complexity index is 802. The van der Waals surface area contributed by atoms with E-state index in [1.807, 2.05) is 18.2 Å². The van der Waals surface area contributed by atoms with Crippen LogP contribution in [0.25, 0.3) is 10.6 Å². The summed E-state index contributed by atoms with van der Waals surface area (Å²) in [5, 5.41) is 13.9. The molecule has 2 N–H and O–H groups in total. The Morgan fingerprint density at radius 3 is 2.64 bits per heavy atom.